The predicted octanol–water partition coefficient (Wildman–Crippen LogP) is 0.762. The zero-order chi connectivity index (χ0) is 14.0. The molecule has 1 heterocycles. The lowest BCUT2D eigenvalue weighted by atomic mass is 9.98. The van der Waals surface area contributed by atoms with E-state index in [9.17, 15) is 8.42 Å². The van der Waals surface area contributed by atoms with Gasteiger partial charge in [-0.1, -0.05) is 20.8 Å². The predicted molar refractivity (Wildman–Crippen MR) is 70.7 cm³/mol. The molecule has 18 heavy (non-hydrogen) atoms. The van der Waals surface area contributed by atoms with Crippen LogP contribution in [0, 0.1) is 12.3 Å². The molecule has 0 unspecified atom stereocenters. The third-order valence-corrected chi connectivity index (χ3v) is 3.97. The molecule has 0 aromatic carbocycles. The molecule has 104 valence electrons. The molecule has 0 saturated carbocycles. The number of rotatable bonds is 5. The number of aromatic amines is 1. The van der Waals surface area contributed by atoms with E-state index in [0.29, 0.717) is 24.5 Å². The molecule has 0 spiro atoms. The van der Waals surface area contributed by atoms with Crippen molar-refractivity contribution in [2.45, 2.75) is 39.1 Å². The smallest absolute Gasteiger partial charge is 0.244 e. The first-order valence-electron chi connectivity index (χ1n) is 5.85. The van der Waals surface area contributed by atoms with E-state index < -0.39 is 10.0 Å². The van der Waals surface area contributed by atoms with Crippen LogP contribution in [0.15, 0.2) is 4.90 Å². The van der Waals surface area contributed by atoms with Crippen LogP contribution in [-0.2, 0) is 16.6 Å². The van der Waals surface area contributed by atoms with Gasteiger partial charge in [-0.05, 0) is 19.4 Å². The summed E-state index contributed by atoms with van der Waals surface area (Å²) >= 11 is 0. The Kier molecular flexibility index (Phi) is 4.52. The molecule has 0 aliphatic rings. The summed E-state index contributed by atoms with van der Waals surface area (Å²) in [5, 5.41) is 9.63. The van der Waals surface area contributed by atoms with Gasteiger partial charge in [0, 0.05) is 13.1 Å². The Bertz CT molecular complexity index is 500. The Labute approximate surface area is 109 Å². The third kappa shape index (κ3) is 3.79. The number of nitrogens with one attached hydrogen (secondary N) is 3. The molecule has 0 radical (unpaired) electrons. The van der Waals surface area contributed by atoms with Crippen molar-refractivity contribution in [1.82, 2.24) is 20.2 Å². The molecular formula is C11H22N4O2S. The van der Waals surface area contributed by atoms with Gasteiger partial charge in [0.15, 0.2) is 0 Å². The van der Waals surface area contributed by atoms with Gasteiger partial charge in [0.25, 0.3) is 0 Å². The Morgan fingerprint density at radius 1 is 1.33 bits per heavy atom. The van der Waals surface area contributed by atoms with E-state index >= 15 is 0 Å². The van der Waals surface area contributed by atoms with Gasteiger partial charge >= 0.3 is 0 Å². The highest BCUT2D eigenvalue weighted by atomic mass is 32.2. The molecule has 0 saturated heterocycles. The van der Waals surface area contributed by atoms with Crippen LogP contribution < -0.4 is 10.0 Å². The highest BCUT2D eigenvalue weighted by Crippen LogP contribution is 2.19. The minimum absolute atomic E-state index is 0.103. The van der Waals surface area contributed by atoms with Gasteiger partial charge in [0.1, 0.15) is 4.90 Å². The normalized spacial score (nSPS) is 12.9. The van der Waals surface area contributed by atoms with Crippen molar-refractivity contribution in [3.63, 3.8) is 0 Å². The van der Waals surface area contributed by atoms with Crippen molar-refractivity contribution < 1.29 is 8.42 Å². The maximum Gasteiger partial charge on any atom is 0.244 e. The first kappa shape index (κ1) is 15.1. The molecule has 0 fully saturated rings. The third-order valence-electron chi connectivity index (χ3n) is 2.37. The number of hydrogen-bond acceptors (Lipinski definition) is 4. The Balaban J connectivity index is 3.01. The van der Waals surface area contributed by atoms with E-state index in [0.717, 1.165) is 0 Å². The van der Waals surface area contributed by atoms with Crippen molar-refractivity contribution in [2.24, 2.45) is 5.41 Å². The first-order chi connectivity index (χ1) is 8.17. The van der Waals surface area contributed by atoms with Crippen LogP contribution in [0.4, 0.5) is 0 Å². The molecule has 0 aliphatic carbocycles. The van der Waals surface area contributed by atoms with Gasteiger partial charge in [-0.2, -0.15) is 5.10 Å². The fourth-order valence-electron chi connectivity index (χ4n) is 1.50. The zero-order valence-electron chi connectivity index (χ0n) is 11.6. The lowest BCUT2D eigenvalue weighted by molar-refractivity contribution is 0.407. The summed E-state index contributed by atoms with van der Waals surface area (Å²) in [5.74, 6) is 0. The number of aromatic nitrogens is 2. The summed E-state index contributed by atoms with van der Waals surface area (Å²) in [6.07, 6.45) is 0. The lowest BCUT2D eigenvalue weighted by Gasteiger charge is -2.18. The van der Waals surface area contributed by atoms with E-state index in [4.69, 9.17) is 0 Å². The molecule has 0 aliphatic heterocycles. The second-order valence-corrected chi connectivity index (χ2v) is 7.24. The summed E-state index contributed by atoms with van der Waals surface area (Å²) in [7, 11) is -1.76. The second-order valence-electron chi connectivity index (χ2n) is 5.54. The SMILES string of the molecule is CNCc1n[nH]c(C)c1S(=O)(=O)NCC(C)(C)C. The van der Waals surface area contributed by atoms with Gasteiger partial charge in [-0.25, -0.2) is 13.1 Å². The molecule has 0 bridgehead atoms. The summed E-state index contributed by atoms with van der Waals surface area (Å²) < 4.78 is 27.1. The summed E-state index contributed by atoms with van der Waals surface area (Å²) in [4.78, 5) is 0.251. The topological polar surface area (TPSA) is 86.9 Å². The Morgan fingerprint density at radius 3 is 2.44 bits per heavy atom. The standard InChI is InChI=1S/C11H22N4O2S/c1-8-10(9(6-12-5)15-14-8)18(16,17)13-7-11(2,3)4/h12-13H,6-7H2,1-5H3,(H,14,15). The van der Waals surface area contributed by atoms with Crippen LogP contribution in [0.1, 0.15) is 32.2 Å². The van der Waals surface area contributed by atoms with Gasteiger partial charge in [0.05, 0.1) is 11.4 Å². The number of sulfonamides is 1. The van der Waals surface area contributed by atoms with Gasteiger partial charge in [0.2, 0.25) is 10.0 Å². The highest BCUT2D eigenvalue weighted by molar-refractivity contribution is 7.89. The lowest BCUT2D eigenvalue weighted by Crippen LogP contribution is -2.33. The van der Waals surface area contributed by atoms with Gasteiger partial charge in [-0.15, -0.1) is 0 Å². The number of H-pyrrole nitrogens is 1. The molecule has 1 rings (SSSR count). The molecule has 6 nitrogen and oxygen atoms in total. The van der Waals surface area contributed by atoms with Crippen LogP contribution in [0.3, 0.4) is 0 Å². The fourth-order valence-corrected chi connectivity index (χ4v) is 3.14. The average molecular weight is 274 g/mol. The monoisotopic (exact) mass is 274 g/mol. The van der Waals surface area contributed by atoms with Crippen LogP contribution >= 0.6 is 0 Å². The van der Waals surface area contributed by atoms with Crippen LogP contribution in [0.2, 0.25) is 0 Å². The quantitative estimate of drug-likeness (QED) is 0.740. The van der Waals surface area contributed by atoms with E-state index in [1.54, 1.807) is 14.0 Å². The summed E-state index contributed by atoms with van der Waals surface area (Å²) in [5.41, 5.74) is 0.964. The minimum Gasteiger partial charge on any atom is -0.314 e. The fraction of sp³-hybridized carbons (Fsp3) is 0.727. The van der Waals surface area contributed by atoms with E-state index in [1.807, 2.05) is 20.8 Å². The number of aryl methyl sites for hydroxylation is 1. The van der Waals surface area contributed by atoms with E-state index in [2.05, 4.69) is 20.2 Å². The Hall–Kier alpha value is -0.920. The van der Waals surface area contributed by atoms with Crippen LogP contribution in [-0.4, -0.2) is 32.2 Å². The molecule has 0 atom stereocenters. The molecule has 1 aromatic heterocycles. The maximum absolute atomic E-state index is 12.3. The number of hydrogen-bond donors (Lipinski definition) is 3. The largest absolute Gasteiger partial charge is 0.314 e. The first-order valence-corrected chi connectivity index (χ1v) is 7.34. The molecule has 7 heteroatoms. The van der Waals surface area contributed by atoms with E-state index in [-0.39, 0.29) is 10.3 Å². The van der Waals surface area contributed by atoms with Crippen molar-refractivity contribution in [3.05, 3.63) is 11.4 Å². The van der Waals surface area contributed by atoms with Crippen molar-refractivity contribution in [2.75, 3.05) is 13.6 Å². The van der Waals surface area contributed by atoms with Crippen LogP contribution in [0.25, 0.3) is 0 Å². The van der Waals surface area contributed by atoms with Crippen LogP contribution in [0.5, 0.6) is 0 Å². The highest BCUT2D eigenvalue weighted by Gasteiger charge is 2.25. The van der Waals surface area contributed by atoms with E-state index in [1.165, 1.54) is 0 Å². The summed E-state index contributed by atoms with van der Waals surface area (Å²) in [6, 6.07) is 0. The zero-order valence-corrected chi connectivity index (χ0v) is 12.4. The second kappa shape index (κ2) is 5.38. The van der Waals surface area contributed by atoms with Crippen molar-refractivity contribution in [3.8, 4) is 0 Å². The number of nitrogens with zero attached hydrogens (tertiary/aromatic N) is 1. The molecular weight excluding hydrogens is 252 g/mol. The molecule has 0 amide bonds. The van der Waals surface area contributed by atoms with Crippen molar-refractivity contribution in [1.29, 1.82) is 0 Å². The maximum atomic E-state index is 12.3. The van der Waals surface area contributed by atoms with Gasteiger partial charge in [-0.3, -0.25) is 5.10 Å². The minimum atomic E-state index is -3.52. The Morgan fingerprint density at radius 2 is 1.94 bits per heavy atom. The van der Waals surface area contributed by atoms with Crippen molar-refractivity contribution >= 4 is 10.0 Å². The molecule has 1 aromatic rings. The average Bonchev–Trinajstić information content (AvgIpc) is 2.57. The van der Waals surface area contributed by atoms with Gasteiger partial charge < -0.3 is 5.32 Å². The molecule has 3 N–H and O–H groups in total. The summed E-state index contributed by atoms with van der Waals surface area (Å²) in [6.45, 7) is 8.44.